The molecule has 4 nitrogen and oxygen atoms in total. The van der Waals surface area contributed by atoms with Crippen molar-refractivity contribution in [1.29, 1.82) is 0 Å². The molecular weight excluding hydrogens is 321 g/mol. The van der Waals surface area contributed by atoms with Crippen LogP contribution in [0, 0.1) is 0 Å². The number of alkyl halides is 3. The predicted octanol–water partition coefficient (Wildman–Crippen LogP) is 4.60. The number of rotatable bonds is 4. The molecule has 128 valence electrons. The molecule has 24 heavy (non-hydrogen) atoms. The maximum absolute atomic E-state index is 12.7. The van der Waals surface area contributed by atoms with E-state index in [1.807, 2.05) is 0 Å². The number of anilines is 1. The summed E-state index contributed by atoms with van der Waals surface area (Å²) >= 11 is 0. The Labute approximate surface area is 137 Å². The van der Waals surface area contributed by atoms with E-state index < -0.39 is 23.8 Å². The fourth-order valence-electron chi connectivity index (χ4n) is 2.13. The molecular formula is C17H17F3N2O2. The second-order valence-corrected chi connectivity index (χ2v) is 5.18. The topological polar surface area (TPSA) is 50.4 Å². The van der Waals surface area contributed by atoms with Crippen molar-refractivity contribution in [2.24, 2.45) is 0 Å². The number of carbonyl (C=O) groups is 1. The zero-order chi connectivity index (χ0) is 17.7. The Bertz CT molecular complexity index is 717. The molecule has 7 heteroatoms. The van der Waals surface area contributed by atoms with E-state index in [2.05, 4.69) is 10.6 Å². The number of hydrogen-bond donors (Lipinski definition) is 2. The second-order valence-electron chi connectivity index (χ2n) is 5.18. The predicted molar refractivity (Wildman–Crippen MR) is 85.0 cm³/mol. The molecule has 2 aromatic rings. The van der Waals surface area contributed by atoms with Crippen LogP contribution in [0.2, 0.25) is 0 Å². The van der Waals surface area contributed by atoms with Crippen molar-refractivity contribution < 1.29 is 22.7 Å². The number of ether oxygens (including phenoxy) is 1. The lowest BCUT2D eigenvalue weighted by Crippen LogP contribution is -2.31. The number of halogens is 3. The summed E-state index contributed by atoms with van der Waals surface area (Å²) in [5.74, 6) is 0.582. The summed E-state index contributed by atoms with van der Waals surface area (Å²) in [7, 11) is 1.51. The monoisotopic (exact) mass is 338 g/mol. The fraction of sp³-hybridized carbons (Fsp3) is 0.235. The third kappa shape index (κ3) is 4.65. The van der Waals surface area contributed by atoms with Crippen LogP contribution in [0.3, 0.4) is 0 Å². The summed E-state index contributed by atoms with van der Waals surface area (Å²) in [6, 6.07) is 10.5. The molecule has 2 amide bonds. The Balaban J connectivity index is 2.03. The van der Waals surface area contributed by atoms with Crippen LogP contribution in [0.25, 0.3) is 0 Å². The normalized spacial score (nSPS) is 12.4. The van der Waals surface area contributed by atoms with Crippen molar-refractivity contribution in [3.63, 3.8) is 0 Å². The van der Waals surface area contributed by atoms with Gasteiger partial charge in [0.1, 0.15) is 5.75 Å². The van der Waals surface area contributed by atoms with Crippen LogP contribution in [-0.2, 0) is 6.18 Å². The lowest BCUT2D eigenvalue weighted by atomic mass is 10.1. The Morgan fingerprint density at radius 2 is 1.83 bits per heavy atom. The second kappa shape index (κ2) is 7.25. The highest BCUT2D eigenvalue weighted by Gasteiger charge is 2.30. The lowest BCUT2D eigenvalue weighted by molar-refractivity contribution is -0.137. The molecule has 0 saturated carbocycles. The lowest BCUT2D eigenvalue weighted by Gasteiger charge is -2.17. The van der Waals surface area contributed by atoms with Crippen molar-refractivity contribution in [3.8, 4) is 5.75 Å². The number of amides is 2. The Morgan fingerprint density at radius 3 is 2.50 bits per heavy atom. The van der Waals surface area contributed by atoms with Gasteiger partial charge in [-0.25, -0.2) is 4.79 Å². The van der Waals surface area contributed by atoms with Gasteiger partial charge in [-0.05, 0) is 36.8 Å². The number of nitrogens with one attached hydrogen (secondary N) is 2. The summed E-state index contributed by atoms with van der Waals surface area (Å²) in [4.78, 5) is 12.0. The van der Waals surface area contributed by atoms with Gasteiger partial charge in [-0.15, -0.1) is 0 Å². The molecule has 0 radical (unpaired) electrons. The van der Waals surface area contributed by atoms with Crippen LogP contribution in [0.1, 0.15) is 24.1 Å². The average molecular weight is 338 g/mol. The number of methoxy groups -OCH3 is 1. The number of carbonyl (C=O) groups excluding carboxylic acids is 1. The van der Waals surface area contributed by atoms with E-state index in [4.69, 9.17) is 4.74 Å². The van der Waals surface area contributed by atoms with Crippen LogP contribution in [0.4, 0.5) is 23.7 Å². The van der Waals surface area contributed by atoms with Crippen LogP contribution in [0.15, 0.2) is 48.5 Å². The van der Waals surface area contributed by atoms with Crippen molar-refractivity contribution >= 4 is 11.7 Å². The van der Waals surface area contributed by atoms with E-state index in [1.165, 1.54) is 19.2 Å². The Morgan fingerprint density at radius 1 is 1.12 bits per heavy atom. The number of urea groups is 1. The van der Waals surface area contributed by atoms with Crippen LogP contribution in [-0.4, -0.2) is 13.1 Å². The number of benzene rings is 2. The molecule has 0 fully saturated rings. The van der Waals surface area contributed by atoms with Gasteiger partial charge in [-0.2, -0.15) is 13.2 Å². The van der Waals surface area contributed by atoms with E-state index in [0.717, 1.165) is 12.1 Å². The first kappa shape index (κ1) is 17.7. The highest BCUT2D eigenvalue weighted by Crippen LogP contribution is 2.30. The quantitative estimate of drug-likeness (QED) is 0.856. The van der Waals surface area contributed by atoms with E-state index in [1.54, 1.807) is 31.2 Å². The van der Waals surface area contributed by atoms with Gasteiger partial charge < -0.3 is 15.4 Å². The van der Waals surface area contributed by atoms with E-state index in [-0.39, 0.29) is 0 Å². The van der Waals surface area contributed by atoms with Crippen LogP contribution in [0.5, 0.6) is 5.75 Å². The van der Waals surface area contributed by atoms with Crippen LogP contribution < -0.4 is 15.4 Å². The van der Waals surface area contributed by atoms with Gasteiger partial charge in [-0.1, -0.05) is 18.2 Å². The SMILES string of the molecule is COc1cccc(NC(=O)N[C@H](C)c2cccc(C(F)(F)F)c2)c1. The van der Waals surface area contributed by atoms with Crippen molar-refractivity contribution in [2.45, 2.75) is 19.1 Å². The van der Waals surface area contributed by atoms with Crippen molar-refractivity contribution in [3.05, 3.63) is 59.7 Å². The molecule has 0 bridgehead atoms. The Hall–Kier alpha value is -2.70. The third-order valence-corrected chi connectivity index (χ3v) is 3.39. The van der Waals surface area contributed by atoms with Gasteiger partial charge in [0.2, 0.25) is 0 Å². The summed E-state index contributed by atoms with van der Waals surface area (Å²) in [5.41, 5.74) is 0.135. The first-order valence-corrected chi connectivity index (χ1v) is 7.18. The zero-order valence-electron chi connectivity index (χ0n) is 13.1. The molecule has 2 aromatic carbocycles. The van der Waals surface area contributed by atoms with Gasteiger partial charge in [0, 0.05) is 11.8 Å². The highest BCUT2D eigenvalue weighted by atomic mass is 19.4. The zero-order valence-corrected chi connectivity index (χ0v) is 13.1. The summed E-state index contributed by atoms with van der Waals surface area (Å²) in [6.07, 6.45) is -4.42. The first-order chi connectivity index (χ1) is 11.3. The van der Waals surface area contributed by atoms with Crippen LogP contribution >= 0.6 is 0 Å². The molecule has 2 N–H and O–H groups in total. The van der Waals surface area contributed by atoms with Crippen molar-refractivity contribution in [2.75, 3.05) is 12.4 Å². The minimum atomic E-state index is -4.42. The smallest absolute Gasteiger partial charge is 0.416 e. The van der Waals surface area contributed by atoms with Gasteiger partial charge in [0.05, 0.1) is 18.7 Å². The average Bonchev–Trinajstić information content (AvgIpc) is 2.54. The minimum Gasteiger partial charge on any atom is -0.497 e. The minimum absolute atomic E-state index is 0.366. The van der Waals surface area contributed by atoms with E-state index in [0.29, 0.717) is 17.0 Å². The largest absolute Gasteiger partial charge is 0.497 e. The summed E-state index contributed by atoms with van der Waals surface area (Å²) in [5, 5.41) is 5.21. The van der Waals surface area contributed by atoms with Gasteiger partial charge in [-0.3, -0.25) is 0 Å². The molecule has 2 rings (SSSR count). The molecule has 0 aliphatic heterocycles. The standard InChI is InChI=1S/C17H17F3N2O2/c1-11(12-5-3-6-13(9-12)17(18,19)20)21-16(23)22-14-7-4-8-15(10-14)24-2/h3-11H,1-2H3,(H2,21,22,23)/t11-/m1/s1. The highest BCUT2D eigenvalue weighted by molar-refractivity contribution is 5.89. The summed E-state index contributed by atoms with van der Waals surface area (Å²) < 4.78 is 43.3. The molecule has 0 saturated heterocycles. The first-order valence-electron chi connectivity index (χ1n) is 7.18. The molecule has 0 aromatic heterocycles. The van der Waals surface area contributed by atoms with Crippen molar-refractivity contribution in [1.82, 2.24) is 5.32 Å². The molecule has 0 spiro atoms. The van der Waals surface area contributed by atoms with Gasteiger partial charge in [0.15, 0.2) is 0 Å². The molecule has 0 aliphatic carbocycles. The molecule has 0 heterocycles. The van der Waals surface area contributed by atoms with E-state index >= 15 is 0 Å². The molecule has 0 aliphatic rings. The maximum atomic E-state index is 12.7. The third-order valence-electron chi connectivity index (χ3n) is 3.39. The number of hydrogen-bond acceptors (Lipinski definition) is 2. The van der Waals surface area contributed by atoms with Gasteiger partial charge in [0.25, 0.3) is 0 Å². The fourth-order valence-corrected chi connectivity index (χ4v) is 2.13. The molecule has 0 unspecified atom stereocenters. The maximum Gasteiger partial charge on any atom is 0.416 e. The summed E-state index contributed by atoms with van der Waals surface area (Å²) in [6.45, 7) is 1.61. The Kier molecular flexibility index (Phi) is 5.33. The van der Waals surface area contributed by atoms with Gasteiger partial charge >= 0.3 is 12.2 Å². The van der Waals surface area contributed by atoms with E-state index in [9.17, 15) is 18.0 Å². The molecule has 1 atom stereocenters.